The monoisotopic (exact) mass is 955 g/mol. The van der Waals surface area contributed by atoms with Gasteiger partial charge in [-0.3, -0.25) is 0 Å². The molecule has 5 aliphatic rings. The fraction of sp³-hybridized carbons (Fsp3) is 0.463. The minimum Gasteiger partial charge on any atom is -0.310 e. The van der Waals surface area contributed by atoms with Crippen LogP contribution in [0.1, 0.15) is 190 Å². The van der Waals surface area contributed by atoms with Gasteiger partial charge in [0.25, 0.3) is 6.71 Å². The normalized spacial score (nSPS) is 20.5. The molecule has 0 amide bonds. The smallest absolute Gasteiger partial charge is 0.254 e. The van der Waals surface area contributed by atoms with Gasteiger partial charge in [0.1, 0.15) is 0 Å². The Hall–Kier alpha value is -4.98. The lowest BCUT2D eigenvalue weighted by atomic mass is 9.33. The lowest BCUT2D eigenvalue weighted by molar-refractivity contribution is 0.332. The van der Waals surface area contributed by atoms with E-state index in [1.807, 2.05) is 6.07 Å². The van der Waals surface area contributed by atoms with E-state index in [9.17, 15) is 0 Å². The molecule has 6 aromatic rings. The maximum atomic E-state index is 3.38. The molecule has 71 heavy (non-hydrogen) atoms. The summed E-state index contributed by atoms with van der Waals surface area (Å²) >= 11 is 2.06. The van der Waals surface area contributed by atoms with Crippen LogP contribution in [0.15, 0.2) is 96.2 Å². The first kappa shape index (κ1) is 48.3. The number of rotatable bonds is 3. The van der Waals surface area contributed by atoms with Crippen molar-refractivity contribution in [1.82, 2.24) is 0 Å². The maximum Gasteiger partial charge on any atom is 0.254 e. The second kappa shape index (κ2) is 15.5. The third-order valence-corrected chi connectivity index (χ3v) is 19.4. The molecular formula is C67H79BN2S. The Kier molecular flexibility index (Phi) is 10.6. The fourth-order valence-electron chi connectivity index (χ4n) is 13.4. The van der Waals surface area contributed by atoms with Gasteiger partial charge in [-0.25, -0.2) is 0 Å². The van der Waals surface area contributed by atoms with Crippen LogP contribution < -0.4 is 26.2 Å². The first-order chi connectivity index (χ1) is 33.0. The number of hydrogen-bond donors (Lipinski definition) is 0. The number of thiophene rings is 1. The largest absolute Gasteiger partial charge is 0.310 e. The van der Waals surface area contributed by atoms with Crippen LogP contribution in [-0.4, -0.2) is 6.71 Å². The Morgan fingerprint density at radius 3 is 1.82 bits per heavy atom. The Morgan fingerprint density at radius 2 is 1.21 bits per heavy atom. The molecule has 0 radical (unpaired) electrons. The number of hydrogen-bond acceptors (Lipinski definition) is 3. The van der Waals surface area contributed by atoms with Gasteiger partial charge in [-0.15, -0.1) is 11.3 Å². The van der Waals surface area contributed by atoms with Gasteiger partial charge in [0.05, 0.1) is 10.7 Å². The molecule has 366 valence electrons. The topological polar surface area (TPSA) is 6.48 Å². The summed E-state index contributed by atoms with van der Waals surface area (Å²) in [7, 11) is 0. The molecule has 0 saturated heterocycles. The van der Waals surface area contributed by atoms with Gasteiger partial charge in [-0.2, -0.15) is 0 Å². The molecule has 1 atom stereocenters. The quantitative estimate of drug-likeness (QED) is 0.163. The third kappa shape index (κ3) is 7.46. The average molecular weight is 955 g/mol. The molecule has 0 spiro atoms. The summed E-state index contributed by atoms with van der Waals surface area (Å²) in [6.07, 6.45) is 10.7. The van der Waals surface area contributed by atoms with E-state index >= 15 is 0 Å². The van der Waals surface area contributed by atoms with E-state index in [1.165, 1.54) is 123 Å². The predicted octanol–water partition coefficient (Wildman–Crippen LogP) is 17.1. The highest BCUT2D eigenvalue weighted by Crippen LogP contribution is 2.57. The standard InChI is InChI=1S/C67H79BN2S/c1-40-34-42(61(2,3)4)24-28-51(40)70-54-37-44(63(8,9)10)36-53-58(54)68(57-46-38-48-49(39-55(46)71-60(57)70)66(15,16)31-30-65(48,13)14)50-27-26-47-56(67(17,18)33-32-64(47,11)12)59(50)69(53)52-29-25-43(62(5,6)7)35-45(52)41-22-20-19-21-23-41/h20,22-29,35-40H,30-34H2,1-18H3. The first-order valence-corrected chi connectivity index (χ1v) is 27.8. The van der Waals surface area contributed by atoms with Crippen molar-refractivity contribution in [1.29, 1.82) is 0 Å². The van der Waals surface area contributed by atoms with Crippen LogP contribution in [0.2, 0.25) is 0 Å². The van der Waals surface area contributed by atoms with Crippen molar-refractivity contribution >= 4 is 72.3 Å². The van der Waals surface area contributed by atoms with Crippen LogP contribution in [0.25, 0.3) is 21.2 Å². The van der Waals surface area contributed by atoms with E-state index in [2.05, 4.69) is 237 Å². The zero-order chi connectivity index (χ0) is 50.9. The van der Waals surface area contributed by atoms with Gasteiger partial charge < -0.3 is 9.80 Å². The van der Waals surface area contributed by atoms with Crippen molar-refractivity contribution in [3.8, 4) is 11.1 Å². The Bertz CT molecular complexity index is 3260. The van der Waals surface area contributed by atoms with Crippen LogP contribution >= 0.6 is 11.3 Å². The number of nitrogens with zero attached hydrogens (tertiary/aromatic N) is 2. The molecule has 1 unspecified atom stereocenters. The highest BCUT2D eigenvalue weighted by atomic mass is 32.1. The van der Waals surface area contributed by atoms with E-state index in [0.29, 0.717) is 5.92 Å². The van der Waals surface area contributed by atoms with Gasteiger partial charge in [-0.05, 0) is 191 Å². The molecule has 0 N–H and O–H groups in total. The minimum absolute atomic E-state index is 0.0253. The van der Waals surface area contributed by atoms with Gasteiger partial charge in [-0.1, -0.05) is 167 Å². The summed E-state index contributed by atoms with van der Waals surface area (Å²) in [5.74, 6) is 0.327. The predicted molar refractivity (Wildman–Crippen MR) is 310 cm³/mol. The Labute approximate surface area is 433 Å². The fourth-order valence-corrected chi connectivity index (χ4v) is 14.7. The van der Waals surface area contributed by atoms with Crippen molar-refractivity contribution in [3.05, 3.63) is 142 Å². The molecule has 2 aliphatic heterocycles. The minimum atomic E-state index is -0.123. The van der Waals surface area contributed by atoms with Crippen LogP contribution in [0, 0.1) is 23.5 Å². The van der Waals surface area contributed by atoms with E-state index in [1.54, 1.807) is 0 Å². The van der Waals surface area contributed by atoms with Crippen molar-refractivity contribution in [2.75, 3.05) is 9.80 Å². The van der Waals surface area contributed by atoms with Crippen LogP contribution in [0.4, 0.5) is 27.8 Å². The molecule has 4 heteroatoms. The second-order valence-corrected chi connectivity index (χ2v) is 29.3. The maximum absolute atomic E-state index is 3.38. The van der Waals surface area contributed by atoms with Crippen molar-refractivity contribution in [3.63, 3.8) is 0 Å². The molecule has 0 bridgehead atoms. The van der Waals surface area contributed by atoms with Crippen molar-refractivity contribution in [2.24, 2.45) is 11.3 Å². The molecule has 1 aromatic heterocycles. The molecule has 0 saturated carbocycles. The molecule has 3 heterocycles. The van der Waals surface area contributed by atoms with Crippen LogP contribution in [0.5, 0.6) is 0 Å². The van der Waals surface area contributed by atoms with Gasteiger partial charge in [0, 0.05) is 38.9 Å². The number of fused-ring (bicyclic) bond motifs is 9. The highest BCUT2D eigenvalue weighted by Gasteiger charge is 2.51. The lowest BCUT2D eigenvalue weighted by Gasteiger charge is -2.50. The van der Waals surface area contributed by atoms with E-state index in [0.717, 1.165) is 19.3 Å². The molecule has 3 aliphatic carbocycles. The summed E-state index contributed by atoms with van der Waals surface area (Å²) < 4.78 is 1.42. The molecular weight excluding hydrogens is 876 g/mol. The second-order valence-electron chi connectivity index (χ2n) is 28.3. The lowest BCUT2D eigenvalue weighted by Crippen LogP contribution is -2.62. The summed E-state index contributed by atoms with van der Waals surface area (Å²) in [6, 6.07) is 36.2. The van der Waals surface area contributed by atoms with Crippen LogP contribution in [0.3, 0.4) is 0 Å². The Balaban J connectivity index is 1.34. The SMILES string of the molecule is CC1CC(C(C)(C)C)=CC=C1N1c2cc(C(C)(C)C)cc3c2B(c2ccc4c(c2N3c2ccc(C(C)(C)C)cc2-c2cc#ccc2)C(C)(C)CCC4(C)C)c2c1sc1cc3c(cc21)C(C)(C)CCC3(C)C. The van der Waals surface area contributed by atoms with E-state index < -0.39 is 0 Å². The van der Waals surface area contributed by atoms with E-state index in [-0.39, 0.29) is 44.6 Å². The Morgan fingerprint density at radius 1 is 0.592 bits per heavy atom. The van der Waals surface area contributed by atoms with E-state index in [4.69, 9.17) is 0 Å². The summed E-state index contributed by atoms with van der Waals surface area (Å²) in [5, 5.41) is 2.85. The van der Waals surface area contributed by atoms with Gasteiger partial charge in [0.2, 0.25) is 0 Å². The highest BCUT2D eigenvalue weighted by molar-refractivity contribution is 7.26. The zero-order valence-corrected chi connectivity index (χ0v) is 47.4. The molecule has 0 fully saturated rings. The number of anilines is 5. The number of allylic oxidation sites excluding steroid dienone is 4. The van der Waals surface area contributed by atoms with Crippen molar-refractivity contribution in [2.45, 2.75) is 189 Å². The third-order valence-electron chi connectivity index (χ3n) is 18.2. The average Bonchev–Trinajstić information content (AvgIpc) is 3.66. The van der Waals surface area contributed by atoms with Crippen molar-refractivity contribution < 1.29 is 0 Å². The zero-order valence-electron chi connectivity index (χ0n) is 46.6. The molecule has 11 rings (SSSR count). The first-order valence-electron chi connectivity index (χ1n) is 27.0. The summed E-state index contributed by atoms with van der Waals surface area (Å²) in [4.78, 5) is 5.59. The molecule has 2 nitrogen and oxygen atoms in total. The van der Waals surface area contributed by atoms with Gasteiger partial charge >= 0.3 is 0 Å². The van der Waals surface area contributed by atoms with Crippen LogP contribution in [-0.2, 0) is 32.5 Å². The summed E-state index contributed by atoms with van der Waals surface area (Å²) in [5.41, 5.74) is 23.9. The molecule has 5 aromatic carbocycles. The summed E-state index contributed by atoms with van der Waals surface area (Å²) in [6.45, 7) is 44.0. The number of benzene rings is 4. The van der Waals surface area contributed by atoms with Gasteiger partial charge in [0.15, 0.2) is 0 Å².